The molecule has 172 valence electrons. The van der Waals surface area contributed by atoms with Crippen LogP contribution in [0.1, 0.15) is 38.2 Å². The van der Waals surface area contributed by atoms with Gasteiger partial charge in [0.1, 0.15) is 11.8 Å². The topological polar surface area (TPSA) is 96.0 Å². The molecule has 1 aromatic rings. The van der Waals surface area contributed by atoms with Crippen LogP contribution in [-0.4, -0.2) is 60.2 Å². The second kappa shape index (κ2) is 10.4. The number of nitrogens with one attached hydrogen (secondary N) is 1. The van der Waals surface area contributed by atoms with E-state index in [9.17, 15) is 19.2 Å². The van der Waals surface area contributed by atoms with Crippen molar-refractivity contribution in [3.8, 4) is 5.75 Å². The normalized spacial score (nSPS) is 20.7. The molecule has 1 N–H and O–H groups in total. The van der Waals surface area contributed by atoms with Crippen LogP contribution >= 0.6 is 0 Å². The van der Waals surface area contributed by atoms with Crippen molar-refractivity contribution in [1.29, 1.82) is 0 Å². The number of rotatable bonds is 9. The lowest BCUT2D eigenvalue weighted by molar-refractivity contribution is -0.144. The maximum absolute atomic E-state index is 13.3. The minimum absolute atomic E-state index is 0.0260. The third kappa shape index (κ3) is 4.84. The quantitative estimate of drug-likeness (QED) is 0.466. The highest BCUT2D eigenvalue weighted by molar-refractivity contribution is 6.05. The van der Waals surface area contributed by atoms with Crippen molar-refractivity contribution in [2.45, 2.75) is 45.2 Å². The highest BCUT2D eigenvalue weighted by Gasteiger charge is 2.47. The molecule has 1 heterocycles. The SMILES string of the molecule is CC[C@@H](C(=O)NC)N(Cc1cccc(OC)c1)C(=O)CCN1C(=O)[C@H]2CC=CC[C@H]2C1=O. The molecule has 32 heavy (non-hydrogen) atoms. The number of nitrogens with zero attached hydrogens (tertiary/aromatic N) is 2. The molecule has 1 saturated heterocycles. The smallest absolute Gasteiger partial charge is 0.242 e. The lowest BCUT2D eigenvalue weighted by Gasteiger charge is -2.31. The Bertz CT molecular complexity index is 887. The van der Waals surface area contributed by atoms with Crippen LogP contribution < -0.4 is 10.1 Å². The molecule has 1 aliphatic heterocycles. The van der Waals surface area contributed by atoms with Gasteiger partial charge in [-0.25, -0.2) is 0 Å². The number of imide groups is 1. The molecule has 3 atom stereocenters. The van der Waals surface area contributed by atoms with Crippen LogP contribution in [0.2, 0.25) is 0 Å². The lowest BCUT2D eigenvalue weighted by atomic mass is 9.85. The number of allylic oxidation sites excluding steroid dienone is 2. The minimum atomic E-state index is -0.657. The Kier molecular flexibility index (Phi) is 7.66. The van der Waals surface area contributed by atoms with E-state index in [-0.39, 0.29) is 55.0 Å². The van der Waals surface area contributed by atoms with Crippen molar-refractivity contribution in [2.24, 2.45) is 11.8 Å². The van der Waals surface area contributed by atoms with Gasteiger partial charge in [-0.1, -0.05) is 31.2 Å². The van der Waals surface area contributed by atoms with Gasteiger partial charge < -0.3 is 15.0 Å². The van der Waals surface area contributed by atoms with Gasteiger partial charge in [-0.15, -0.1) is 0 Å². The molecule has 4 amide bonds. The first-order chi connectivity index (χ1) is 15.4. The zero-order valence-corrected chi connectivity index (χ0v) is 18.9. The number of hydrogen-bond acceptors (Lipinski definition) is 5. The van der Waals surface area contributed by atoms with Gasteiger partial charge in [0, 0.05) is 26.6 Å². The van der Waals surface area contributed by atoms with E-state index in [1.807, 2.05) is 43.3 Å². The molecule has 0 bridgehead atoms. The summed E-state index contributed by atoms with van der Waals surface area (Å²) in [6.07, 6.45) is 5.42. The Morgan fingerprint density at radius 3 is 2.41 bits per heavy atom. The monoisotopic (exact) mass is 441 g/mol. The van der Waals surface area contributed by atoms with E-state index in [1.165, 1.54) is 16.8 Å². The van der Waals surface area contributed by atoms with E-state index in [0.29, 0.717) is 25.0 Å². The summed E-state index contributed by atoms with van der Waals surface area (Å²) in [5.74, 6) is -0.905. The third-order valence-corrected chi connectivity index (χ3v) is 6.27. The average molecular weight is 442 g/mol. The maximum Gasteiger partial charge on any atom is 0.242 e. The fourth-order valence-corrected chi connectivity index (χ4v) is 4.49. The van der Waals surface area contributed by atoms with E-state index in [0.717, 1.165) is 5.56 Å². The number of carbonyl (C=O) groups excluding carboxylic acids is 4. The number of likely N-dealkylation sites (tertiary alicyclic amines) is 1. The highest BCUT2D eigenvalue weighted by atomic mass is 16.5. The number of methoxy groups -OCH3 is 1. The van der Waals surface area contributed by atoms with E-state index >= 15 is 0 Å². The standard InChI is InChI=1S/C24H31N3O5/c1-4-20(22(29)25-2)27(15-16-8-7-9-17(14-16)32-3)21(28)12-13-26-23(30)18-10-5-6-11-19(18)24(26)31/h5-9,14,18-20H,4,10-13,15H2,1-3H3,(H,25,29)/t18-,19+,20-/m0/s1. The van der Waals surface area contributed by atoms with E-state index in [4.69, 9.17) is 4.74 Å². The van der Waals surface area contributed by atoms with Crippen molar-refractivity contribution in [1.82, 2.24) is 15.1 Å². The second-order valence-electron chi connectivity index (χ2n) is 8.15. The van der Waals surface area contributed by atoms with Gasteiger partial charge in [0.25, 0.3) is 0 Å². The van der Waals surface area contributed by atoms with Crippen LogP contribution in [0, 0.1) is 11.8 Å². The number of fused-ring (bicyclic) bond motifs is 1. The van der Waals surface area contributed by atoms with E-state index in [2.05, 4.69) is 5.32 Å². The minimum Gasteiger partial charge on any atom is -0.497 e. The Morgan fingerprint density at radius 1 is 1.19 bits per heavy atom. The highest BCUT2D eigenvalue weighted by Crippen LogP contribution is 2.35. The van der Waals surface area contributed by atoms with Gasteiger partial charge in [0.15, 0.2) is 0 Å². The first kappa shape index (κ1) is 23.5. The Balaban J connectivity index is 1.75. The summed E-state index contributed by atoms with van der Waals surface area (Å²) in [5.41, 5.74) is 0.825. The van der Waals surface area contributed by atoms with Crippen molar-refractivity contribution >= 4 is 23.6 Å². The fraction of sp³-hybridized carbons (Fsp3) is 0.500. The molecular formula is C24H31N3O5. The second-order valence-corrected chi connectivity index (χ2v) is 8.15. The van der Waals surface area contributed by atoms with Crippen molar-refractivity contribution in [3.63, 3.8) is 0 Å². The number of amides is 4. The molecular weight excluding hydrogens is 410 g/mol. The van der Waals surface area contributed by atoms with Crippen LogP contribution in [-0.2, 0) is 25.7 Å². The number of carbonyl (C=O) groups is 4. The molecule has 0 radical (unpaired) electrons. The predicted octanol–water partition coefficient (Wildman–Crippen LogP) is 1.89. The lowest BCUT2D eigenvalue weighted by Crippen LogP contribution is -2.49. The van der Waals surface area contributed by atoms with Gasteiger partial charge in [-0.05, 0) is 37.0 Å². The van der Waals surface area contributed by atoms with Crippen molar-refractivity contribution < 1.29 is 23.9 Å². The molecule has 0 unspecified atom stereocenters. The molecule has 8 heteroatoms. The predicted molar refractivity (Wildman–Crippen MR) is 118 cm³/mol. The zero-order valence-electron chi connectivity index (χ0n) is 18.9. The molecule has 1 fully saturated rings. The fourth-order valence-electron chi connectivity index (χ4n) is 4.49. The first-order valence-electron chi connectivity index (χ1n) is 11.0. The van der Waals surface area contributed by atoms with Gasteiger partial charge >= 0.3 is 0 Å². The first-order valence-corrected chi connectivity index (χ1v) is 11.0. The van der Waals surface area contributed by atoms with E-state index in [1.54, 1.807) is 7.11 Å². The van der Waals surface area contributed by atoms with Gasteiger partial charge in [0.2, 0.25) is 23.6 Å². The molecule has 1 aromatic carbocycles. The van der Waals surface area contributed by atoms with Crippen LogP contribution in [0.25, 0.3) is 0 Å². The molecule has 0 saturated carbocycles. The number of benzene rings is 1. The Labute approximate surface area is 188 Å². The van der Waals surface area contributed by atoms with Gasteiger partial charge in [-0.2, -0.15) is 0 Å². The van der Waals surface area contributed by atoms with E-state index < -0.39 is 6.04 Å². The van der Waals surface area contributed by atoms with Crippen LogP contribution in [0.4, 0.5) is 0 Å². The molecule has 0 spiro atoms. The number of ether oxygens (including phenoxy) is 1. The van der Waals surface area contributed by atoms with Gasteiger partial charge in [0.05, 0.1) is 18.9 Å². The van der Waals surface area contributed by atoms with Crippen molar-refractivity contribution in [2.75, 3.05) is 20.7 Å². The summed E-state index contributed by atoms with van der Waals surface area (Å²) in [6, 6.07) is 6.67. The summed E-state index contributed by atoms with van der Waals surface area (Å²) < 4.78 is 5.27. The summed E-state index contributed by atoms with van der Waals surface area (Å²) in [7, 11) is 3.11. The van der Waals surface area contributed by atoms with Gasteiger partial charge in [-0.3, -0.25) is 24.1 Å². The summed E-state index contributed by atoms with van der Waals surface area (Å²) in [6.45, 7) is 2.10. The van der Waals surface area contributed by atoms with Crippen LogP contribution in [0.15, 0.2) is 36.4 Å². The Morgan fingerprint density at radius 2 is 1.84 bits per heavy atom. The maximum atomic E-state index is 13.3. The number of hydrogen-bond donors (Lipinski definition) is 1. The molecule has 3 rings (SSSR count). The third-order valence-electron chi connectivity index (χ3n) is 6.27. The Hall–Kier alpha value is -3.16. The van der Waals surface area contributed by atoms with Crippen LogP contribution in [0.5, 0.6) is 5.75 Å². The average Bonchev–Trinajstić information content (AvgIpc) is 3.06. The zero-order chi connectivity index (χ0) is 23.3. The molecule has 1 aliphatic carbocycles. The molecule has 8 nitrogen and oxygen atoms in total. The summed E-state index contributed by atoms with van der Waals surface area (Å²) in [5, 5.41) is 2.62. The van der Waals surface area contributed by atoms with Crippen LogP contribution in [0.3, 0.4) is 0 Å². The number of likely N-dealkylation sites (N-methyl/N-ethyl adjacent to an activating group) is 1. The summed E-state index contributed by atoms with van der Waals surface area (Å²) in [4.78, 5) is 53.9. The molecule has 2 aliphatic rings. The summed E-state index contributed by atoms with van der Waals surface area (Å²) >= 11 is 0. The molecule has 0 aromatic heterocycles. The largest absolute Gasteiger partial charge is 0.497 e. The van der Waals surface area contributed by atoms with Crippen molar-refractivity contribution in [3.05, 3.63) is 42.0 Å².